The molecule has 31 heavy (non-hydrogen) atoms. The molecule has 154 valence electrons. The van der Waals surface area contributed by atoms with Crippen LogP contribution in [0.2, 0.25) is 5.02 Å². The molecule has 2 heterocycles. The molecule has 0 atom stereocenters. The second-order valence-corrected chi connectivity index (χ2v) is 8.25. The predicted octanol–water partition coefficient (Wildman–Crippen LogP) is 6.60. The summed E-state index contributed by atoms with van der Waals surface area (Å²) >= 11 is 5.96. The molecule has 0 saturated heterocycles. The third-order valence-electron chi connectivity index (χ3n) is 5.80. The minimum absolute atomic E-state index is 0.540. The van der Waals surface area contributed by atoms with Crippen LogP contribution in [0, 0.1) is 13.8 Å². The highest BCUT2D eigenvalue weighted by molar-refractivity contribution is 6.30. The SMILES string of the molecule is Cc1c(C)n(Cc2ccccc2)c2ccc(-c3nnc(Cc4ccc(Cl)cc4)o3)cc12. The van der Waals surface area contributed by atoms with Gasteiger partial charge in [0.15, 0.2) is 0 Å². The molecular weight excluding hydrogens is 406 g/mol. The van der Waals surface area contributed by atoms with Gasteiger partial charge in [0, 0.05) is 33.7 Å². The summed E-state index contributed by atoms with van der Waals surface area (Å²) < 4.78 is 8.33. The quantitative estimate of drug-likeness (QED) is 0.317. The Hall–Kier alpha value is -3.37. The van der Waals surface area contributed by atoms with Crippen molar-refractivity contribution < 1.29 is 4.42 Å². The molecule has 5 rings (SSSR count). The molecule has 0 bridgehead atoms. The molecule has 0 aliphatic carbocycles. The Morgan fingerprint density at radius 2 is 1.65 bits per heavy atom. The van der Waals surface area contributed by atoms with Crippen LogP contribution in [0.4, 0.5) is 0 Å². The van der Waals surface area contributed by atoms with E-state index in [1.54, 1.807) is 0 Å². The van der Waals surface area contributed by atoms with Crippen molar-refractivity contribution >= 4 is 22.5 Å². The van der Waals surface area contributed by atoms with Crippen molar-refractivity contribution in [2.75, 3.05) is 0 Å². The van der Waals surface area contributed by atoms with Crippen LogP contribution in [0.15, 0.2) is 77.2 Å². The maximum Gasteiger partial charge on any atom is 0.247 e. The number of aromatic nitrogens is 3. The fourth-order valence-electron chi connectivity index (χ4n) is 3.97. The van der Waals surface area contributed by atoms with Gasteiger partial charge in [-0.25, -0.2) is 0 Å². The number of nitrogens with zero attached hydrogens (tertiary/aromatic N) is 3. The first kappa shape index (κ1) is 19.6. The molecule has 2 aromatic heterocycles. The third-order valence-corrected chi connectivity index (χ3v) is 6.06. The first-order valence-corrected chi connectivity index (χ1v) is 10.7. The van der Waals surface area contributed by atoms with Crippen molar-refractivity contribution in [1.82, 2.24) is 14.8 Å². The minimum Gasteiger partial charge on any atom is -0.420 e. The molecule has 0 amide bonds. The zero-order valence-electron chi connectivity index (χ0n) is 17.5. The minimum atomic E-state index is 0.540. The number of hydrogen-bond acceptors (Lipinski definition) is 3. The lowest BCUT2D eigenvalue weighted by atomic mass is 10.1. The summed E-state index contributed by atoms with van der Waals surface area (Å²) in [6, 6.07) is 24.6. The van der Waals surface area contributed by atoms with Crippen molar-refractivity contribution in [2.45, 2.75) is 26.8 Å². The lowest BCUT2D eigenvalue weighted by Crippen LogP contribution is -2.01. The summed E-state index contributed by atoms with van der Waals surface area (Å²) in [5, 5.41) is 10.4. The van der Waals surface area contributed by atoms with Crippen LogP contribution in [0.25, 0.3) is 22.4 Å². The number of hydrogen-bond donors (Lipinski definition) is 0. The van der Waals surface area contributed by atoms with E-state index >= 15 is 0 Å². The Kier molecular flexibility index (Phi) is 5.08. The zero-order valence-corrected chi connectivity index (χ0v) is 18.2. The number of aryl methyl sites for hydroxylation is 1. The maximum atomic E-state index is 5.96. The lowest BCUT2D eigenvalue weighted by Gasteiger charge is -2.09. The number of fused-ring (bicyclic) bond motifs is 1. The Balaban J connectivity index is 1.46. The molecular formula is C26H22ClN3O. The van der Waals surface area contributed by atoms with Gasteiger partial charge in [0.05, 0.1) is 6.42 Å². The topological polar surface area (TPSA) is 43.9 Å². The van der Waals surface area contributed by atoms with Crippen LogP contribution >= 0.6 is 11.6 Å². The average Bonchev–Trinajstić information content (AvgIpc) is 3.35. The molecule has 0 aliphatic heterocycles. The summed E-state index contributed by atoms with van der Waals surface area (Å²) in [4.78, 5) is 0. The van der Waals surface area contributed by atoms with Gasteiger partial charge in [0.25, 0.3) is 0 Å². The molecule has 0 saturated carbocycles. The van der Waals surface area contributed by atoms with E-state index in [1.165, 1.54) is 27.7 Å². The summed E-state index contributed by atoms with van der Waals surface area (Å²) in [6.07, 6.45) is 0.581. The molecule has 0 N–H and O–H groups in total. The van der Waals surface area contributed by atoms with Gasteiger partial charge < -0.3 is 8.98 Å². The standard InChI is InChI=1S/C26H22ClN3O/c1-17-18(2)30(16-20-6-4-3-5-7-20)24-13-10-21(15-23(17)24)26-29-28-25(31-26)14-19-8-11-22(27)12-9-19/h3-13,15H,14,16H2,1-2H3. The van der Waals surface area contributed by atoms with Gasteiger partial charge in [-0.2, -0.15) is 0 Å². The second kappa shape index (κ2) is 8.05. The number of halogens is 1. The maximum absolute atomic E-state index is 5.96. The van der Waals surface area contributed by atoms with Crippen molar-refractivity contribution in [2.24, 2.45) is 0 Å². The second-order valence-electron chi connectivity index (χ2n) is 7.82. The van der Waals surface area contributed by atoms with Crippen molar-refractivity contribution in [1.29, 1.82) is 0 Å². The Morgan fingerprint density at radius 3 is 2.42 bits per heavy atom. The van der Waals surface area contributed by atoms with Gasteiger partial charge in [0.1, 0.15) is 0 Å². The van der Waals surface area contributed by atoms with E-state index in [1.807, 2.05) is 30.3 Å². The Morgan fingerprint density at radius 1 is 0.871 bits per heavy atom. The zero-order chi connectivity index (χ0) is 21.4. The van der Waals surface area contributed by atoms with Crippen LogP contribution in [0.1, 0.15) is 28.3 Å². The van der Waals surface area contributed by atoms with Gasteiger partial charge in [-0.3, -0.25) is 0 Å². The molecule has 5 aromatic rings. The summed E-state index contributed by atoms with van der Waals surface area (Å²) in [6.45, 7) is 5.19. The predicted molar refractivity (Wildman–Crippen MR) is 125 cm³/mol. The van der Waals surface area contributed by atoms with E-state index in [9.17, 15) is 0 Å². The normalized spacial score (nSPS) is 11.3. The monoisotopic (exact) mass is 427 g/mol. The molecule has 0 aliphatic rings. The summed E-state index contributed by atoms with van der Waals surface area (Å²) in [5.41, 5.74) is 7.05. The summed E-state index contributed by atoms with van der Waals surface area (Å²) in [7, 11) is 0. The van der Waals surface area contributed by atoms with Gasteiger partial charge in [0.2, 0.25) is 11.8 Å². The first-order valence-electron chi connectivity index (χ1n) is 10.3. The highest BCUT2D eigenvalue weighted by atomic mass is 35.5. The van der Waals surface area contributed by atoms with E-state index in [-0.39, 0.29) is 0 Å². The Bertz CT molecular complexity index is 1350. The van der Waals surface area contributed by atoms with E-state index in [0.717, 1.165) is 17.7 Å². The molecule has 0 radical (unpaired) electrons. The highest BCUT2D eigenvalue weighted by Crippen LogP contribution is 2.30. The average molecular weight is 428 g/mol. The van der Waals surface area contributed by atoms with Gasteiger partial charge in [-0.1, -0.05) is 54.1 Å². The van der Waals surface area contributed by atoms with E-state index in [2.05, 4.69) is 71.1 Å². The fraction of sp³-hybridized carbons (Fsp3) is 0.154. The van der Waals surface area contributed by atoms with Crippen LogP contribution in [0.5, 0.6) is 0 Å². The molecule has 5 heteroatoms. The molecule has 0 unspecified atom stereocenters. The van der Waals surface area contributed by atoms with E-state index in [0.29, 0.717) is 23.2 Å². The van der Waals surface area contributed by atoms with Crippen LogP contribution in [-0.2, 0) is 13.0 Å². The van der Waals surface area contributed by atoms with E-state index < -0.39 is 0 Å². The number of rotatable bonds is 5. The fourth-order valence-corrected chi connectivity index (χ4v) is 4.10. The van der Waals surface area contributed by atoms with Gasteiger partial charge >= 0.3 is 0 Å². The lowest BCUT2D eigenvalue weighted by molar-refractivity contribution is 0.518. The van der Waals surface area contributed by atoms with Crippen molar-refractivity contribution in [3.05, 3.63) is 106 Å². The molecule has 0 spiro atoms. The molecule has 4 nitrogen and oxygen atoms in total. The van der Waals surface area contributed by atoms with Gasteiger partial charge in [-0.15, -0.1) is 10.2 Å². The van der Waals surface area contributed by atoms with Crippen LogP contribution in [0.3, 0.4) is 0 Å². The highest BCUT2D eigenvalue weighted by Gasteiger charge is 2.15. The van der Waals surface area contributed by atoms with Crippen molar-refractivity contribution in [3.8, 4) is 11.5 Å². The first-order chi connectivity index (χ1) is 15.1. The largest absolute Gasteiger partial charge is 0.420 e. The smallest absolute Gasteiger partial charge is 0.247 e. The summed E-state index contributed by atoms with van der Waals surface area (Å²) in [5.74, 6) is 1.13. The van der Waals surface area contributed by atoms with Crippen LogP contribution in [-0.4, -0.2) is 14.8 Å². The Labute approximate surface area is 186 Å². The molecule has 0 fully saturated rings. The number of benzene rings is 3. The van der Waals surface area contributed by atoms with Gasteiger partial charge in [-0.05, 0) is 60.9 Å². The third kappa shape index (κ3) is 3.87. The van der Waals surface area contributed by atoms with Crippen LogP contribution < -0.4 is 0 Å². The molecule has 3 aromatic carbocycles. The van der Waals surface area contributed by atoms with E-state index in [4.69, 9.17) is 16.0 Å². The van der Waals surface area contributed by atoms with Crippen molar-refractivity contribution in [3.63, 3.8) is 0 Å².